The van der Waals surface area contributed by atoms with Crippen molar-refractivity contribution in [2.45, 2.75) is 0 Å². The van der Waals surface area contributed by atoms with Crippen molar-refractivity contribution < 1.29 is 0 Å². The maximum atomic E-state index is 5.14. The fraction of sp³-hybridized carbons (Fsp3) is 0. The van der Waals surface area contributed by atoms with Crippen molar-refractivity contribution in [1.82, 2.24) is 9.55 Å². The number of hydrogen-bond acceptors (Lipinski definition) is 1. The molecule has 2 nitrogen and oxygen atoms in total. The average molecular weight is 747 g/mol. The topological polar surface area (TPSA) is 17.8 Å². The van der Waals surface area contributed by atoms with E-state index in [2.05, 4.69) is 211 Å². The Morgan fingerprint density at radius 2 is 0.831 bits per heavy atom. The van der Waals surface area contributed by atoms with Gasteiger partial charge in [-0.1, -0.05) is 182 Å². The van der Waals surface area contributed by atoms with Crippen LogP contribution in [-0.4, -0.2) is 9.55 Å². The maximum absolute atomic E-state index is 5.14. The van der Waals surface area contributed by atoms with Gasteiger partial charge in [0.2, 0.25) is 0 Å². The molecular weight excluding hydrogens is 713 g/mol. The van der Waals surface area contributed by atoms with Gasteiger partial charge < -0.3 is 0 Å². The molecule has 13 aromatic rings. The highest BCUT2D eigenvalue weighted by molar-refractivity contribution is 6.38. The van der Waals surface area contributed by atoms with Crippen molar-refractivity contribution in [2.75, 3.05) is 0 Å². The second-order valence-electron chi connectivity index (χ2n) is 15.8. The minimum Gasteiger partial charge on any atom is -0.292 e. The zero-order valence-electron chi connectivity index (χ0n) is 32.0. The summed E-state index contributed by atoms with van der Waals surface area (Å²) in [5.41, 5.74) is 9.14. The first-order valence-corrected chi connectivity index (χ1v) is 20.4. The lowest BCUT2D eigenvalue weighted by molar-refractivity contribution is 1.11. The standard InChI is InChI=1S/C57H34N2/c1-2-12-39(13-3-1)57-58-50-24-6-7-25-52(50)59(57)51-33-32-41(42-17-4-5-18-43(42)51)35-26-28-36(29-27-35)49-34-40-16-10-21-45-44-19-8-14-37-30-31-38-15-9-20-46(54(38)53(37)44)47-22-11-23-48(49)56(47)55(40)45/h1-34H. The van der Waals surface area contributed by atoms with E-state index in [0.29, 0.717) is 0 Å². The number of nitrogens with zero attached hydrogens (tertiary/aromatic N) is 2. The van der Waals surface area contributed by atoms with E-state index in [-0.39, 0.29) is 0 Å². The number of fused-ring (bicyclic) bond motifs is 4. The Bertz CT molecular complexity index is 3820. The average Bonchev–Trinajstić information content (AvgIpc) is 3.69. The van der Waals surface area contributed by atoms with Crippen LogP contribution in [-0.2, 0) is 0 Å². The van der Waals surface area contributed by atoms with E-state index in [4.69, 9.17) is 4.98 Å². The summed E-state index contributed by atoms with van der Waals surface area (Å²) in [5, 5.41) is 18.0. The van der Waals surface area contributed by atoms with Gasteiger partial charge in [0.25, 0.3) is 0 Å². The molecule has 0 unspecified atom stereocenters. The highest BCUT2D eigenvalue weighted by Crippen LogP contribution is 2.46. The molecule has 0 aliphatic carbocycles. The molecule has 0 atom stereocenters. The number of rotatable bonds is 4. The Morgan fingerprint density at radius 1 is 0.305 bits per heavy atom. The molecular formula is C57H34N2. The summed E-state index contributed by atoms with van der Waals surface area (Å²) in [4.78, 5) is 5.14. The lowest BCUT2D eigenvalue weighted by atomic mass is 9.85. The summed E-state index contributed by atoms with van der Waals surface area (Å²) >= 11 is 0. The monoisotopic (exact) mass is 746 g/mol. The summed E-state index contributed by atoms with van der Waals surface area (Å²) < 4.78 is 2.32. The van der Waals surface area contributed by atoms with E-state index < -0.39 is 0 Å². The molecule has 13 rings (SSSR count). The normalized spacial score (nSPS) is 12.1. The van der Waals surface area contributed by atoms with E-state index in [1.807, 2.05) is 0 Å². The van der Waals surface area contributed by atoms with Gasteiger partial charge in [-0.05, 0) is 117 Å². The molecule has 0 aliphatic rings. The highest BCUT2D eigenvalue weighted by Gasteiger charge is 2.20. The van der Waals surface area contributed by atoms with Gasteiger partial charge in [0.1, 0.15) is 5.82 Å². The fourth-order valence-corrected chi connectivity index (χ4v) is 10.2. The van der Waals surface area contributed by atoms with E-state index in [1.165, 1.54) is 97.7 Å². The van der Waals surface area contributed by atoms with Crippen LogP contribution < -0.4 is 0 Å². The molecule has 0 saturated heterocycles. The van der Waals surface area contributed by atoms with Crippen LogP contribution in [0.1, 0.15) is 0 Å². The lowest BCUT2D eigenvalue weighted by Gasteiger charge is -2.18. The van der Waals surface area contributed by atoms with Gasteiger partial charge >= 0.3 is 0 Å². The van der Waals surface area contributed by atoms with Crippen molar-refractivity contribution in [2.24, 2.45) is 0 Å². The van der Waals surface area contributed by atoms with E-state index >= 15 is 0 Å². The number of para-hydroxylation sites is 2. The van der Waals surface area contributed by atoms with Crippen molar-refractivity contribution in [1.29, 1.82) is 0 Å². The SMILES string of the molecule is c1ccc(-c2nc3ccccc3n2-c2ccc(-c3ccc(-c4cc5cccc6c7cccc8ccc9cccc(c%10cccc4c%10c56)c9c87)cc3)c3ccccc23)cc1. The Labute approximate surface area is 340 Å². The Kier molecular flexibility index (Phi) is 6.76. The van der Waals surface area contributed by atoms with Crippen LogP contribution in [0.5, 0.6) is 0 Å². The molecule has 0 radical (unpaired) electrons. The maximum Gasteiger partial charge on any atom is 0.145 e. The second kappa shape index (κ2) is 12.3. The van der Waals surface area contributed by atoms with Crippen molar-refractivity contribution in [3.05, 3.63) is 206 Å². The first kappa shape index (κ1) is 32.3. The molecule has 59 heavy (non-hydrogen) atoms. The van der Waals surface area contributed by atoms with Crippen LogP contribution >= 0.6 is 0 Å². The minimum absolute atomic E-state index is 0.941. The molecule has 0 fully saturated rings. The third-order valence-corrected chi connectivity index (χ3v) is 12.7. The van der Waals surface area contributed by atoms with Crippen molar-refractivity contribution >= 4 is 86.4 Å². The molecule has 0 aliphatic heterocycles. The predicted octanol–water partition coefficient (Wildman–Crippen LogP) is 15.5. The summed E-state index contributed by atoms with van der Waals surface area (Å²) in [7, 11) is 0. The van der Waals surface area contributed by atoms with Gasteiger partial charge in [-0.15, -0.1) is 0 Å². The molecule has 0 amide bonds. The van der Waals surface area contributed by atoms with Crippen LogP contribution in [0.3, 0.4) is 0 Å². The Balaban J connectivity index is 1.01. The zero-order valence-corrected chi connectivity index (χ0v) is 32.0. The van der Waals surface area contributed by atoms with Gasteiger partial charge in [-0.3, -0.25) is 4.57 Å². The lowest BCUT2D eigenvalue weighted by Crippen LogP contribution is -1.99. The fourth-order valence-electron chi connectivity index (χ4n) is 10.2. The number of benzene rings is 11. The van der Waals surface area contributed by atoms with Gasteiger partial charge in [0.15, 0.2) is 0 Å². The molecule has 2 heteroatoms. The van der Waals surface area contributed by atoms with Gasteiger partial charge in [0, 0.05) is 10.9 Å². The van der Waals surface area contributed by atoms with Gasteiger partial charge in [0.05, 0.1) is 16.7 Å². The first-order valence-electron chi connectivity index (χ1n) is 20.4. The number of aromatic nitrogens is 2. The van der Waals surface area contributed by atoms with Crippen LogP contribution in [0, 0.1) is 0 Å². The van der Waals surface area contributed by atoms with Gasteiger partial charge in [-0.2, -0.15) is 0 Å². The molecule has 0 saturated carbocycles. The summed E-state index contributed by atoms with van der Waals surface area (Å²) in [6, 6.07) is 75.8. The smallest absolute Gasteiger partial charge is 0.145 e. The number of imidazole rings is 1. The summed E-state index contributed by atoms with van der Waals surface area (Å²) in [6.07, 6.45) is 0. The molecule has 272 valence electrons. The van der Waals surface area contributed by atoms with Crippen molar-refractivity contribution in [3.63, 3.8) is 0 Å². The largest absolute Gasteiger partial charge is 0.292 e. The molecule has 1 aromatic heterocycles. The van der Waals surface area contributed by atoms with Crippen LogP contribution in [0.2, 0.25) is 0 Å². The Hall–Kier alpha value is -7.81. The number of hydrogen-bond donors (Lipinski definition) is 0. The zero-order chi connectivity index (χ0) is 38.6. The van der Waals surface area contributed by atoms with E-state index in [1.54, 1.807) is 0 Å². The Morgan fingerprint density at radius 3 is 1.54 bits per heavy atom. The van der Waals surface area contributed by atoms with Gasteiger partial charge in [-0.25, -0.2) is 4.98 Å². The van der Waals surface area contributed by atoms with Crippen molar-refractivity contribution in [3.8, 4) is 39.3 Å². The van der Waals surface area contributed by atoms with Crippen LogP contribution in [0.4, 0.5) is 0 Å². The molecule has 0 bridgehead atoms. The third-order valence-electron chi connectivity index (χ3n) is 12.7. The summed E-state index contributed by atoms with van der Waals surface area (Å²) in [5.74, 6) is 0.941. The highest BCUT2D eigenvalue weighted by atomic mass is 15.1. The molecule has 12 aromatic carbocycles. The van der Waals surface area contributed by atoms with Crippen LogP contribution in [0.25, 0.3) is 126 Å². The molecule has 1 heterocycles. The summed E-state index contributed by atoms with van der Waals surface area (Å²) in [6.45, 7) is 0. The minimum atomic E-state index is 0.941. The van der Waals surface area contributed by atoms with Crippen LogP contribution in [0.15, 0.2) is 206 Å². The predicted molar refractivity (Wildman–Crippen MR) is 251 cm³/mol. The second-order valence-corrected chi connectivity index (χ2v) is 15.8. The van der Waals surface area contributed by atoms with E-state index in [9.17, 15) is 0 Å². The third kappa shape index (κ3) is 4.66. The molecule has 0 N–H and O–H groups in total. The van der Waals surface area contributed by atoms with E-state index in [0.717, 1.165) is 28.1 Å². The molecule has 0 spiro atoms. The quantitative estimate of drug-likeness (QED) is 0.164. The first-order chi connectivity index (χ1) is 29.3.